The molecule has 0 amide bonds. The fourth-order valence-corrected chi connectivity index (χ4v) is 3.46. The van der Waals surface area contributed by atoms with Crippen LogP contribution >= 0.6 is 31.9 Å². The normalized spacial score (nSPS) is 21.9. The third-order valence-electron chi connectivity index (χ3n) is 3.34. The summed E-state index contributed by atoms with van der Waals surface area (Å²) in [6.07, 6.45) is 3.04. The molecule has 1 saturated heterocycles. The van der Waals surface area contributed by atoms with Crippen molar-refractivity contribution in [2.45, 2.75) is 19.4 Å². The Bertz CT molecular complexity index is 397. The summed E-state index contributed by atoms with van der Waals surface area (Å²) in [7, 11) is 2.20. The summed E-state index contributed by atoms with van der Waals surface area (Å²) in [5.74, 6) is 1.06. The van der Waals surface area contributed by atoms with Gasteiger partial charge in [0.1, 0.15) is 5.82 Å². The number of hydrogen-bond donors (Lipinski definition) is 0. The number of hydrogen-bond acceptors (Lipinski definition) is 3. The molecule has 5 heteroatoms. The number of halogens is 2. The molecule has 0 bridgehead atoms. The first kappa shape index (κ1) is 13.3. The molecule has 0 radical (unpaired) electrons. The smallest absolute Gasteiger partial charge is 0.143 e. The second kappa shape index (κ2) is 5.67. The molecule has 1 aromatic heterocycles. The average Bonchev–Trinajstić information content (AvgIpc) is 2.30. The molecule has 3 nitrogen and oxygen atoms in total. The summed E-state index contributed by atoms with van der Waals surface area (Å²) in [6, 6.07) is 2.68. The van der Waals surface area contributed by atoms with Crippen LogP contribution < -0.4 is 4.90 Å². The molecule has 1 fully saturated rings. The van der Waals surface area contributed by atoms with Crippen molar-refractivity contribution < 1.29 is 0 Å². The summed E-state index contributed by atoms with van der Waals surface area (Å²) in [6.45, 7) is 5.44. The van der Waals surface area contributed by atoms with E-state index in [1.54, 1.807) is 0 Å². The minimum absolute atomic E-state index is 0.626. The lowest BCUT2D eigenvalue weighted by atomic mass is 10.1. The Hall–Kier alpha value is -0.130. The lowest BCUT2D eigenvalue weighted by Gasteiger charge is -2.40. The van der Waals surface area contributed by atoms with Gasteiger partial charge in [-0.15, -0.1) is 0 Å². The zero-order valence-corrected chi connectivity index (χ0v) is 13.3. The third-order valence-corrected chi connectivity index (χ3v) is 4.35. The van der Waals surface area contributed by atoms with E-state index in [9.17, 15) is 0 Å². The monoisotopic (exact) mass is 361 g/mol. The highest BCUT2D eigenvalue weighted by molar-refractivity contribution is 9.11. The Morgan fingerprint density at radius 1 is 1.41 bits per heavy atom. The van der Waals surface area contributed by atoms with Crippen molar-refractivity contribution in [3.63, 3.8) is 0 Å². The first-order valence-electron chi connectivity index (χ1n) is 5.88. The van der Waals surface area contributed by atoms with Crippen LogP contribution in [0.1, 0.15) is 13.3 Å². The lowest BCUT2D eigenvalue weighted by molar-refractivity contribution is 0.213. The molecular weight excluding hydrogens is 346 g/mol. The molecule has 0 saturated carbocycles. The summed E-state index contributed by atoms with van der Waals surface area (Å²) in [5.41, 5.74) is 0. The van der Waals surface area contributed by atoms with E-state index in [4.69, 9.17) is 0 Å². The maximum absolute atomic E-state index is 4.51. The van der Waals surface area contributed by atoms with E-state index in [0.717, 1.165) is 34.4 Å². The topological polar surface area (TPSA) is 19.4 Å². The highest BCUT2D eigenvalue weighted by Gasteiger charge is 2.24. The lowest BCUT2D eigenvalue weighted by Crippen LogP contribution is -2.51. The first-order valence-corrected chi connectivity index (χ1v) is 7.46. The molecule has 0 N–H and O–H groups in total. The minimum atomic E-state index is 0.626. The van der Waals surface area contributed by atoms with E-state index in [1.165, 1.54) is 6.42 Å². The van der Waals surface area contributed by atoms with Crippen molar-refractivity contribution in [1.82, 2.24) is 9.88 Å². The van der Waals surface area contributed by atoms with Gasteiger partial charge in [0.25, 0.3) is 0 Å². The second-order valence-electron chi connectivity index (χ2n) is 4.45. The molecule has 1 aromatic rings. The molecule has 0 aliphatic carbocycles. The Kier molecular flexibility index (Phi) is 4.44. The molecule has 0 spiro atoms. The summed E-state index contributed by atoms with van der Waals surface area (Å²) in [5, 5.41) is 0. The molecule has 1 atom stereocenters. The Balaban J connectivity index is 2.17. The van der Waals surface area contributed by atoms with Crippen LogP contribution in [0.2, 0.25) is 0 Å². The molecule has 0 aromatic carbocycles. The van der Waals surface area contributed by atoms with Gasteiger partial charge < -0.3 is 4.90 Å². The molecule has 2 rings (SSSR count). The Labute approximate surface area is 119 Å². The maximum Gasteiger partial charge on any atom is 0.143 e. The first-order chi connectivity index (χ1) is 8.11. The Morgan fingerprint density at radius 3 is 2.82 bits per heavy atom. The second-order valence-corrected chi connectivity index (χ2v) is 6.22. The number of aromatic nitrogens is 1. The fourth-order valence-electron chi connectivity index (χ4n) is 2.22. The molecule has 17 heavy (non-hydrogen) atoms. The number of rotatable bonds is 2. The predicted molar refractivity (Wildman–Crippen MR) is 78.6 cm³/mol. The van der Waals surface area contributed by atoms with Crippen molar-refractivity contribution >= 4 is 37.7 Å². The molecular formula is C12H17Br2N3. The molecule has 94 valence electrons. The average molecular weight is 363 g/mol. The third kappa shape index (κ3) is 3.01. The van der Waals surface area contributed by atoms with Crippen molar-refractivity contribution in [3.8, 4) is 0 Å². The van der Waals surface area contributed by atoms with Crippen LogP contribution in [0.4, 0.5) is 5.82 Å². The van der Waals surface area contributed by atoms with Crippen LogP contribution in [0.15, 0.2) is 21.2 Å². The van der Waals surface area contributed by atoms with Crippen molar-refractivity contribution in [2.75, 3.05) is 31.6 Å². The predicted octanol–water partition coefficient (Wildman–Crippen LogP) is 3.14. The quantitative estimate of drug-likeness (QED) is 0.805. The van der Waals surface area contributed by atoms with E-state index in [-0.39, 0.29) is 0 Å². The van der Waals surface area contributed by atoms with Gasteiger partial charge in [0.05, 0.1) is 4.47 Å². The van der Waals surface area contributed by atoms with Gasteiger partial charge in [-0.3, -0.25) is 4.90 Å². The van der Waals surface area contributed by atoms with Gasteiger partial charge in [-0.05, 0) is 51.4 Å². The zero-order chi connectivity index (χ0) is 12.4. The van der Waals surface area contributed by atoms with E-state index < -0.39 is 0 Å². The van der Waals surface area contributed by atoms with Crippen LogP contribution in [0.3, 0.4) is 0 Å². The van der Waals surface area contributed by atoms with E-state index in [0.29, 0.717) is 6.04 Å². The summed E-state index contributed by atoms with van der Waals surface area (Å²) in [4.78, 5) is 9.31. The van der Waals surface area contributed by atoms with Gasteiger partial charge in [0.2, 0.25) is 0 Å². The van der Waals surface area contributed by atoms with Gasteiger partial charge in [0, 0.05) is 36.3 Å². The minimum Gasteiger partial charge on any atom is -0.353 e. The number of anilines is 1. The standard InChI is InChI=1S/C12H17Br2N3/c1-3-10-8-17(5-4-16(10)2)12-11(14)6-9(13)7-15-12/h6-7,10H,3-5,8H2,1-2H3. The van der Waals surface area contributed by atoms with Crippen molar-refractivity contribution in [1.29, 1.82) is 0 Å². The molecule has 1 aliphatic heterocycles. The van der Waals surface area contributed by atoms with Gasteiger partial charge >= 0.3 is 0 Å². The zero-order valence-electron chi connectivity index (χ0n) is 10.2. The summed E-state index contributed by atoms with van der Waals surface area (Å²) < 4.78 is 2.07. The highest BCUT2D eigenvalue weighted by Crippen LogP contribution is 2.28. The van der Waals surface area contributed by atoms with Crippen LogP contribution in [0.5, 0.6) is 0 Å². The summed E-state index contributed by atoms with van der Waals surface area (Å²) >= 11 is 7.03. The number of pyridine rings is 1. The van der Waals surface area contributed by atoms with Crippen LogP contribution in [-0.2, 0) is 0 Å². The van der Waals surface area contributed by atoms with Gasteiger partial charge in [0.15, 0.2) is 0 Å². The van der Waals surface area contributed by atoms with Crippen molar-refractivity contribution in [3.05, 3.63) is 21.2 Å². The van der Waals surface area contributed by atoms with Gasteiger partial charge in [-0.25, -0.2) is 4.98 Å². The van der Waals surface area contributed by atoms with Crippen LogP contribution in [-0.4, -0.2) is 42.6 Å². The van der Waals surface area contributed by atoms with Crippen LogP contribution in [0.25, 0.3) is 0 Å². The SMILES string of the molecule is CCC1CN(c2ncc(Br)cc2Br)CCN1C. The van der Waals surface area contributed by atoms with E-state index in [1.807, 2.05) is 6.20 Å². The fraction of sp³-hybridized carbons (Fsp3) is 0.583. The maximum atomic E-state index is 4.51. The number of piperazine rings is 1. The van der Waals surface area contributed by atoms with E-state index in [2.05, 4.69) is 66.7 Å². The Morgan fingerprint density at radius 2 is 2.18 bits per heavy atom. The number of nitrogens with zero attached hydrogens (tertiary/aromatic N) is 3. The van der Waals surface area contributed by atoms with Crippen molar-refractivity contribution in [2.24, 2.45) is 0 Å². The van der Waals surface area contributed by atoms with Gasteiger partial charge in [-0.1, -0.05) is 6.92 Å². The number of likely N-dealkylation sites (N-methyl/N-ethyl adjacent to an activating group) is 1. The van der Waals surface area contributed by atoms with Crippen LogP contribution in [0, 0.1) is 0 Å². The largest absolute Gasteiger partial charge is 0.353 e. The molecule has 1 aliphatic rings. The molecule has 1 unspecified atom stereocenters. The van der Waals surface area contributed by atoms with E-state index >= 15 is 0 Å². The molecule has 2 heterocycles. The van der Waals surface area contributed by atoms with Gasteiger partial charge in [-0.2, -0.15) is 0 Å². The highest BCUT2D eigenvalue weighted by atomic mass is 79.9.